The van der Waals surface area contributed by atoms with Gasteiger partial charge in [-0.05, 0) is 56.0 Å². The van der Waals surface area contributed by atoms with Gasteiger partial charge >= 0.3 is 16.1 Å². The molecule has 0 aromatic heterocycles. The van der Waals surface area contributed by atoms with Gasteiger partial charge in [0.2, 0.25) is 0 Å². The summed E-state index contributed by atoms with van der Waals surface area (Å²) in [4.78, 5) is 24.4. The summed E-state index contributed by atoms with van der Waals surface area (Å²) in [5, 5.41) is 2.73. The summed E-state index contributed by atoms with van der Waals surface area (Å²) >= 11 is 0. The summed E-state index contributed by atoms with van der Waals surface area (Å²) in [6, 6.07) is 10.7. The first-order valence-corrected chi connectivity index (χ1v) is 11.0. The Hall–Kier alpha value is -2.87. The zero-order valence-corrected chi connectivity index (χ0v) is 18.6. The highest BCUT2D eigenvalue weighted by Crippen LogP contribution is 2.26. The molecule has 2 aromatic carbocycles. The summed E-state index contributed by atoms with van der Waals surface area (Å²) in [6.45, 7) is 8.73. The Balaban J connectivity index is 2.16. The third-order valence-electron chi connectivity index (χ3n) is 4.64. The molecule has 0 fully saturated rings. The second-order valence-corrected chi connectivity index (χ2v) is 8.99. The second-order valence-electron chi connectivity index (χ2n) is 7.48. The standard InChI is InChI=1S/C22H27NO6S/c1-14(2)17(5)23-21(24)13-28-22(25)18-8-6-7-9-19(18)29-30(26,27)20-12-15(3)10-11-16(20)4/h6-12,14,17H,13H2,1-5H3,(H,23,24)/t17-/m1/s1. The van der Waals surface area contributed by atoms with E-state index in [-0.39, 0.29) is 28.2 Å². The summed E-state index contributed by atoms with van der Waals surface area (Å²) in [5.74, 6) is -1.23. The molecule has 1 amide bonds. The van der Waals surface area contributed by atoms with Crippen molar-refractivity contribution in [2.24, 2.45) is 5.92 Å². The fraction of sp³-hybridized carbons (Fsp3) is 0.364. The lowest BCUT2D eigenvalue weighted by Gasteiger charge is -2.17. The molecule has 0 aliphatic heterocycles. The van der Waals surface area contributed by atoms with Crippen LogP contribution < -0.4 is 9.50 Å². The van der Waals surface area contributed by atoms with Gasteiger partial charge in [0.25, 0.3) is 5.91 Å². The van der Waals surface area contributed by atoms with Gasteiger partial charge in [0.05, 0.1) is 0 Å². The molecule has 8 heteroatoms. The minimum absolute atomic E-state index is 0.0210. The molecule has 0 saturated carbocycles. The lowest BCUT2D eigenvalue weighted by molar-refractivity contribution is -0.125. The van der Waals surface area contributed by atoms with Crippen LogP contribution in [0.1, 0.15) is 42.3 Å². The molecule has 7 nitrogen and oxygen atoms in total. The van der Waals surface area contributed by atoms with Gasteiger partial charge in [-0.25, -0.2) is 4.79 Å². The van der Waals surface area contributed by atoms with Crippen LogP contribution in [0.25, 0.3) is 0 Å². The van der Waals surface area contributed by atoms with Crippen LogP contribution in [0.4, 0.5) is 0 Å². The number of carbonyl (C=O) groups excluding carboxylic acids is 2. The number of hydrogen-bond acceptors (Lipinski definition) is 6. The molecule has 0 radical (unpaired) electrons. The molecule has 0 spiro atoms. The van der Waals surface area contributed by atoms with Gasteiger partial charge in [-0.1, -0.05) is 38.1 Å². The second kappa shape index (κ2) is 9.75. The molecular weight excluding hydrogens is 406 g/mol. The molecule has 162 valence electrons. The predicted octanol–water partition coefficient (Wildman–Crippen LogP) is 3.39. The molecule has 0 bridgehead atoms. The highest BCUT2D eigenvalue weighted by atomic mass is 32.2. The Morgan fingerprint density at radius 2 is 1.70 bits per heavy atom. The van der Waals surface area contributed by atoms with E-state index in [1.54, 1.807) is 38.1 Å². The number of rotatable bonds is 8. The average molecular weight is 434 g/mol. The lowest BCUT2D eigenvalue weighted by atomic mass is 10.1. The molecule has 1 atom stereocenters. The average Bonchev–Trinajstić information content (AvgIpc) is 2.67. The van der Waals surface area contributed by atoms with Gasteiger partial charge in [-0.2, -0.15) is 8.42 Å². The van der Waals surface area contributed by atoms with Crippen LogP contribution in [-0.2, 0) is 19.6 Å². The van der Waals surface area contributed by atoms with E-state index in [9.17, 15) is 18.0 Å². The maximum absolute atomic E-state index is 12.8. The number of esters is 1. The van der Waals surface area contributed by atoms with Crippen LogP contribution in [0.3, 0.4) is 0 Å². The summed E-state index contributed by atoms with van der Waals surface area (Å²) in [7, 11) is -4.17. The lowest BCUT2D eigenvalue weighted by Crippen LogP contribution is -2.38. The molecular formula is C22H27NO6S. The molecule has 0 unspecified atom stereocenters. The van der Waals surface area contributed by atoms with Gasteiger partial charge in [0, 0.05) is 6.04 Å². The first-order chi connectivity index (χ1) is 14.0. The molecule has 0 saturated heterocycles. The number of ether oxygens (including phenoxy) is 1. The minimum atomic E-state index is -4.17. The van der Waals surface area contributed by atoms with E-state index in [1.165, 1.54) is 18.2 Å². The third-order valence-corrected chi connectivity index (χ3v) is 6.02. The van der Waals surface area contributed by atoms with E-state index in [0.717, 1.165) is 5.56 Å². The van der Waals surface area contributed by atoms with Crippen molar-refractivity contribution >= 4 is 22.0 Å². The quantitative estimate of drug-likeness (QED) is 0.506. The Labute approximate surface area is 177 Å². The molecule has 0 aliphatic carbocycles. The van der Waals surface area contributed by atoms with E-state index < -0.39 is 28.6 Å². The monoisotopic (exact) mass is 433 g/mol. The highest BCUT2D eigenvalue weighted by molar-refractivity contribution is 7.87. The predicted molar refractivity (Wildman–Crippen MR) is 113 cm³/mol. The minimum Gasteiger partial charge on any atom is -0.452 e. The molecule has 2 rings (SSSR count). The van der Waals surface area contributed by atoms with Crippen molar-refractivity contribution in [3.8, 4) is 5.75 Å². The van der Waals surface area contributed by atoms with E-state index in [0.29, 0.717) is 5.56 Å². The Bertz CT molecular complexity index is 1030. The molecule has 2 aromatic rings. The number of aryl methyl sites for hydroxylation is 2. The maximum atomic E-state index is 12.8. The number of benzene rings is 2. The van der Waals surface area contributed by atoms with E-state index in [1.807, 2.05) is 20.8 Å². The van der Waals surface area contributed by atoms with Gasteiger partial charge in [-0.15, -0.1) is 0 Å². The summed E-state index contributed by atoms with van der Waals surface area (Å²) < 4.78 is 35.8. The van der Waals surface area contributed by atoms with Crippen LogP contribution in [-0.4, -0.2) is 32.9 Å². The normalized spacial score (nSPS) is 12.3. The number of carbonyl (C=O) groups is 2. The van der Waals surface area contributed by atoms with Crippen molar-refractivity contribution in [1.82, 2.24) is 5.32 Å². The third kappa shape index (κ3) is 6.06. The van der Waals surface area contributed by atoms with Crippen molar-refractivity contribution in [3.63, 3.8) is 0 Å². The van der Waals surface area contributed by atoms with Crippen molar-refractivity contribution in [3.05, 3.63) is 59.2 Å². The van der Waals surface area contributed by atoms with Crippen LogP contribution in [0, 0.1) is 19.8 Å². The fourth-order valence-corrected chi connectivity index (χ4v) is 3.78. The topological polar surface area (TPSA) is 98.8 Å². The summed E-state index contributed by atoms with van der Waals surface area (Å²) in [5.41, 5.74) is 1.20. The first kappa shape index (κ1) is 23.4. The van der Waals surface area contributed by atoms with Gasteiger partial charge in [0.1, 0.15) is 10.5 Å². The van der Waals surface area contributed by atoms with Gasteiger partial charge < -0.3 is 14.2 Å². The number of nitrogens with one attached hydrogen (secondary N) is 1. The van der Waals surface area contributed by atoms with Crippen LogP contribution in [0.15, 0.2) is 47.4 Å². The van der Waals surface area contributed by atoms with Crippen LogP contribution in [0.2, 0.25) is 0 Å². The molecule has 0 aliphatic rings. The Morgan fingerprint density at radius 3 is 2.37 bits per heavy atom. The zero-order valence-electron chi connectivity index (χ0n) is 17.8. The van der Waals surface area contributed by atoms with Crippen molar-refractivity contribution in [2.45, 2.75) is 45.6 Å². The summed E-state index contributed by atoms with van der Waals surface area (Å²) in [6.07, 6.45) is 0. The van der Waals surface area contributed by atoms with Crippen molar-refractivity contribution in [1.29, 1.82) is 0 Å². The van der Waals surface area contributed by atoms with Crippen molar-refractivity contribution < 1.29 is 26.9 Å². The fourth-order valence-electron chi connectivity index (χ4n) is 2.52. The SMILES string of the molecule is Cc1ccc(C)c(S(=O)(=O)Oc2ccccc2C(=O)OCC(=O)N[C@H](C)C(C)C)c1. The molecule has 30 heavy (non-hydrogen) atoms. The largest absolute Gasteiger partial charge is 0.452 e. The Kier molecular flexibility index (Phi) is 7.61. The molecule has 1 N–H and O–H groups in total. The number of amides is 1. The highest BCUT2D eigenvalue weighted by Gasteiger charge is 2.24. The van der Waals surface area contributed by atoms with Crippen LogP contribution >= 0.6 is 0 Å². The van der Waals surface area contributed by atoms with E-state index in [2.05, 4.69) is 5.32 Å². The van der Waals surface area contributed by atoms with Crippen molar-refractivity contribution in [2.75, 3.05) is 6.61 Å². The number of para-hydroxylation sites is 1. The van der Waals surface area contributed by atoms with E-state index >= 15 is 0 Å². The zero-order chi connectivity index (χ0) is 22.5. The van der Waals surface area contributed by atoms with Gasteiger partial charge in [-0.3, -0.25) is 4.79 Å². The molecule has 0 heterocycles. The smallest absolute Gasteiger partial charge is 0.342 e. The Morgan fingerprint density at radius 1 is 1.03 bits per heavy atom. The first-order valence-electron chi connectivity index (χ1n) is 9.58. The van der Waals surface area contributed by atoms with Crippen LogP contribution in [0.5, 0.6) is 5.75 Å². The maximum Gasteiger partial charge on any atom is 0.342 e. The number of hydrogen-bond donors (Lipinski definition) is 1. The van der Waals surface area contributed by atoms with E-state index in [4.69, 9.17) is 8.92 Å². The van der Waals surface area contributed by atoms with Gasteiger partial charge in [0.15, 0.2) is 12.4 Å².